The molecule has 0 fully saturated rings. The molecule has 1 aliphatic rings. The van der Waals surface area contributed by atoms with Crippen LogP contribution in [0.2, 0.25) is 0 Å². The number of allylic oxidation sites excluding steroid dienone is 4. The molecule has 0 atom stereocenters. The number of hydrogen-bond donors (Lipinski definition) is 0. The molecule has 0 amide bonds. The van der Waals surface area contributed by atoms with Crippen molar-refractivity contribution >= 4 is 20.5 Å². The normalized spacial score (nSPS) is 15.3. The summed E-state index contributed by atoms with van der Waals surface area (Å²) in [6, 6.07) is 43.9. The molecular formula is C30H27Si2. The van der Waals surface area contributed by atoms with E-state index >= 15 is 0 Å². The van der Waals surface area contributed by atoms with Crippen LogP contribution >= 0.6 is 0 Å². The fourth-order valence-corrected chi connectivity index (χ4v) is 8.20. The van der Waals surface area contributed by atoms with Crippen molar-refractivity contribution in [1.82, 2.24) is 0 Å². The van der Waals surface area contributed by atoms with Crippen molar-refractivity contribution in [2.45, 2.75) is 11.3 Å². The Hall–Kier alpha value is -3.21. The molecule has 1 radical (unpaired) electrons. The summed E-state index contributed by atoms with van der Waals surface area (Å²) < 4.78 is 0. The fourth-order valence-electron chi connectivity index (χ4n) is 5.30. The molecule has 0 aliphatic heterocycles. The molecule has 2 heteroatoms. The summed E-state index contributed by atoms with van der Waals surface area (Å²) in [6.07, 6.45) is 4.06. The maximum Gasteiger partial charge on any atom is 0.0624 e. The average molecular weight is 444 g/mol. The van der Waals surface area contributed by atoms with Crippen LogP contribution in [0.15, 0.2) is 137 Å². The first-order valence-electron chi connectivity index (χ1n) is 11.3. The Bertz CT molecular complexity index is 1180. The van der Waals surface area contributed by atoms with Crippen molar-refractivity contribution in [1.29, 1.82) is 0 Å². The van der Waals surface area contributed by atoms with Gasteiger partial charge in [0.2, 0.25) is 0 Å². The van der Waals surface area contributed by atoms with Gasteiger partial charge in [-0.3, -0.25) is 0 Å². The second-order valence-electron chi connectivity index (χ2n) is 8.53. The van der Waals surface area contributed by atoms with Crippen LogP contribution in [0, 0.1) is 6.08 Å². The minimum Gasteiger partial charge on any atom is -0.0691 e. The van der Waals surface area contributed by atoms with Crippen molar-refractivity contribution in [2.24, 2.45) is 0 Å². The van der Waals surface area contributed by atoms with Crippen LogP contribution in [-0.4, -0.2) is 20.5 Å². The van der Waals surface area contributed by atoms with Gasteiger partial charge in [0, 0.05) is 26.4 Å². The fraction of sp³-hybridized carbons (Fsp3) is 0.0667. The minimum atomic E-state index is -0.289. The van der Waals surface area contributed by atoms with E-state index in [0.717, 1.165) is 20.5 Å². The van der Waals surface area contributed by atoms with Gasteiger partial charge in [0.15, 0.2) is 0 Å². The molecule has 0 saturated carbocycles. The Morgan fingerprint density at radius 2 is 0.906 bits per heavy atom. The van der Waals surface area contributed by atoms with Gasteiger partial charge in [0.05, 0.1) is 5.41 Å². The average Bonchev–Trinajstić information content (AvgIpc) is 3.13. The maximum absolute atomic E-state index is 4.06. The highest BCUT2D eigenvalue weighted by Crippen LogP contribution is 2.50. The molecule has 0 unspecified atom stereocenters. The van der Waals surface area contributed by atoms with E-state index in [1.165, 1.54) is 38.2 Å². The van der Waals surface area contributed by atoms with Gasteiger partial charge in [0.1, 0.15) is 0 Å². The van der Waals surface area contributed by atoms with Crippen LogP contribution in [0.3, 0.4) is 0 Å². The predicted octanol–water partition coefficient (Wildman–Crippen LogP) is 4.49. The van der Waals surface area contributed by atoms with Gasteiger partial charge in [-0.15, -0.1) is 0 Å². The third kappa shape index (κ3) is 3.46. The van der Waals surface area contributed by atoms with Gasteiger partial charge in [-0.1, -0.05) is 132 Å². The molecule has 4 aromatic rings. The van der Waals surface area contributed by atoms with Crippen molar-refractivity contribution < 1.29 is 0 Å². The van der Waals surface area contributed by atoms with Gasteiger partial charge in [0.25, 0.3) is 0 Å². The van der Waals surface area contributed by atoms with Gasteiger partial charge >= 0.3 is 0 Å². The Morgan fingerprint density at radius 3 is 1.31 bits per heavy atom. The summed E-state index contributed by atoms with van der Waals surface area (Å²) in [5.74, 6) is 0.235. The van der Waals surface area contributed by atoms with E-state index in [-0.39, 0.29) is 11.3 Å². The first-order valence-corrected chi connectivity index (χ1v) is 13.3. The summed E-state index contributed by atoms with van der Waals surface area (Å²) in [6.45, 7) is 0. The molecule has 155 valence electrons. The highest BCUT2D eigenvalue weighted by atomic mass is 28.1. The van der Waals surface area contributed by atoms with Crippen LogP contribution in [0.25, 0.3) is 0 Å². The molecule has 4 aromatic carbocycles. The molecule has 0 aromatic heterocycles. The molecule has 0 spiro atoms. The quantitative estimate of drug-likeness (QED) is 0.399. The zero-order valence-corrected chi connectivity index (χ0v) is 22.6. The third-order valence-electron chi connectivity index (χ3n) is 6.71. The van der Waals surface area contributed by atoms with E-state index in [1.807, 2.05) is 0 Å². The van der Waals surface area contributed by atoms with Gasteiger partial charge < -0.3 is 0 Å². The second kappa shape index (κ2) is 8.74. The van der Waals surface area contributed by atoms with Crippen molar-refractivity contribution in [3.63, 3.8) is 0 Å². The highest BCUT2D eigenvalue weighted by Gasteiger charge is 2.42. The number of rotatable bonds is 5. The lowest BCUT2D eigenvalue weighted by Crippen LogP contribution is -2.27. The Labute approximate surface area is 197 Å². The second-order valence-corrected chi connectivity index (χ2v) is 10.5. The first-order chi connectivity index (χ1) is 15.7. The lowest BCUT2D eigenvalue weighted by atomic mass is 9.74. The summed E-state index contributed by atoms with van der Waals surface area (Å²) >= 11 is 0. The van der Waals surface area contributed by atoms with Gasteiger partial charge in [-0.25, -0.2) is 0 Å². The summed E-state index contributed by atoms with van der Waals surface area (Å²) in [5, 5.41) is 2.93. The van der Waals surface area contributed by atoms with E-state index in [4.69, 9.17) is 0 Å². The van der Waals surface area contributed by atoms with E-state index in [9.17, 15) is 0 Å². The summed E-state index contributed by atoms with van der Waals surface area (Å²) in [7, 11) is 1.94. The minimum absolute atomic E-state index is 0.235. The molecule has 0 nitrogen and oxygen atoms in total. The lowest BCUT2D eigenvalue weighted by molar-refractivity contribution is 0.780. The van der Waals surface area contributed by atoms with Gasteiger partial charge in [-0.05, 0) is 33.9 Å². The topological polar surface area (TPSA) is 0 Å². The summed E-state index contributed by atoms with van der Waals surface area (Å²) in [5.41, 5.74) is 6.55. The maximum atomic E-state index is 4.06. The smallest absolute Gasteiger partial charge is 0.0624 e. The molecule has 0 bridgehead atoms. The van der Waals surface area contributed by atoms with Crippen LogP contribution in [0.5, 0.6) is 0 Å². The van der Waals surface area contributed by atoms with E-state index in [1.54, 1.807) is 0 Å². The molecule has 0 N–H and O–H groups in total. The van der Waals surface area contributed by atoms with Crippen LogP contribution < -0.4 is 0 Å². The monoisotopic (exact) mass is 443 g/mol. The highest BCUT2D eigenvalue weighted by molar-refractivity contribution is 6.31. The number of hydrogen-bond acceptors (Lipinski definition) is 0. The SMILES string of the molecule is [SiH3]C1=[C]C(c2ccccc2)(c2ccccc2)C([SiH3])=C1C(c1ccccc1)c1ccccc1. The Morgan fingerprint density at radius 1 is 0.531 bits per heavy atom. The van der Waals surface area contributed by atoms with Crippen LogP contribution in [0.4, 0.5) is 0 Å². The molecule has 0 saturated heterocycles. The first kappa shape index (κ1) is 20.7. The van der Waals surface area contributed by atoms with E-state index in [2.05, 4.69) is 127 Å². The van der Waals surface area contributed by atoms with E-state index < -0.39 is 0 Å². The van der Waals surface area contributed by atoms with Crippen LogP contribution in [0.1, 0.15) is 28.2 Å². The van der Waals surface area contributed by atoms with Gasteiger partial charge in [-0.2, -0.15) is 0 Å². The largest absolute Gasteiger partial charge is 0.0691 e. The van der Waals surface area contributed by atoms with Crippen molar-refractivity contribution in [2.75, 3.05) is 0 Å². The van der Waals surface area contributed by atoms with Crippen molar-refractivity contribution in [3.8, 4) is 0 Å². The third-order valence-corrected chi connectivity index (χ3v) is 8.79. The zero-order valence-electron chi connectivity index (χ0n) is 18.6. The predicted molar refractivity (Wildman–Crippen MR) is 142 cm³/mol. The Kier molecular flexibility index (Phi) is 5.65. The van der Waals surface area contributed by atoms with E-state index in [0.29, 0.717) is 0 Å². The lowest BCUT2D eigenvalue weighted by Gasteiger charge is -2.32. The van der Waals surface area contributed by atoms with Crippen molar-refractivity contribution in [3.05, 3.63) is 166 Å². The molecule has 5 rings (SSSR count). The standard InChI is InChI=1S/C30H27Si2/c31-26-21-30(24-17-9-3-10-18-24,25-19-11-4-12-20-25)29(32)28(26)27(22-13-5-1-6-14-22)23-15-7-2-8-16-23/h1-20,27H,31-32H3. The molecule has 1 aliphatic carbocycles. The molecule has 0 heterocycles. The summed E-state index contributed by atoms with van der Waals surface area (Å²) in [4.78, 5) is 0. The molecule has 32 heavy (non-hydrogen) atoms. The zero-order chi connectivity index (χ0) is 22.0. The van der Waals surface area contributed by atoms with Crippen LogP contribution in [-0.2, 0) is 5.41 Å². The molecular weight excluding hydrogens is 417 g/mol. The Balaban J connectivity index is 1.80. The number of benzene rings is 4.